The van der Waals surface area contributed by atoms with E-state index in [4.69, 9.17) is 27.2 Å². The van der Waals surface area contributed by atoms with Crippen LogP contribution in [0.15, 0.2) is 18.3 Å². The van der Waals surface area contributed by atoms with Crippen molar-refractivity contribution in [2.45, 2.75) is 31.8 Å². The quantitative estimate of drug-likeness (QED) is 0.892. The Balaban J connectivity index is 1.41. The monoisotopic (exact) mass is 373 g/mol. The molecular formula is C19H24ClN5O. The lowest BCUT2D eigenvalue weighted by Gasteiger charge is -2.35. The molecule has 3 aliphatic rings. The number of pyridine rings is 1. The molecule has 0 unspecified atom stereocenters. The number of rotatable bonds is 4. The smallest absolute Gasteiger partial charge is 0.142 e. The molecule has 2 aliphatic heterocycles. The molecule has 138 valence electrons. The highest BCUT2D eigenvalue weighted by Crippen LogP contribution is 2.59. The molecule has 26 heavy (non-hydrogen) atoms. The van der Waals surface area contributed by atoms with Crippen LogP contribution in [0.1, 0.15) is 31.5 Å². The van der Waals surface area contributed by atoms with Gasteiger partial charge in [0, 0.05) is 42.5 Å². The molecule has 2 saturated heterocycles. The Labute approximate surface area is 158 Å². The predicted molar refractivity (Wildman–Crippen MR) is 101 cm³/mol. The van der Waals surface area contributed by atoms with E-state index in [-0.39, 0.29) is 0 Å². The molecule has 2 N–H and O–H groups in total. The Hall–Kier alpha value is -1.63. The predicted octanol–water partition coefficient (Wildman–Crippen LogP) is 2.81. The summed E-state index contributed by atoms with van der Waals surface area (Å²) in [5.74, 6) is 2.49. The van der Waals surface area contributed by atoms with Crippen LogP contribution in [0.25, 0.3) is 11.3 Å². The maximum Gasteiger partial charge on any atom is 0.142 e. The number of halogens is 1. The number of piperidine rings is 1. The second kappa shape index (κ2) is 5.94. The molecule has 0 amide bonds. The molecule has 6 nitrogen and oxygen atoms in total. The minimum atomic E-state index is 0.327. The first-order chi connectivity index (χ1) is 12.5. The van der Waals surface area contributed by atoms with Crippen LogP contribution in [-0.2, 0) is 4.74 Å². The van der Waals surface area contributed by atoms with Crippen molar-refractivity contribution in [2.75, 3.05) is 32.0 Å². The van der Waals surface area contributed by atoms with Gasteiger partial charge in [-0.1, -0.05) is 11.6 Å². The summed E-state index contributed by atoms with van der Waals surface area (Å²) in [5, 5.41) is 5.34. The Morgan fingerprint density at radius 3 is 2.54 bits per heavy atom. The first kappa shape index (κ1) is 16.5. The molecule has 0 spiro atoms. The van der Waals surface area contributed by atoms with Crippen molar-refractivity contribution in [3.63, 3.8) is 0 Å². The van der Waals surface area contributed by atoms with E-state index in [9.17, 15) is 0 Å². The maximum atomic E-state index is 6.15. The first-order valence-corrected chi connectivity index (χ1v) is 9.73. The largest absolute Gasteiger partial charge is 0.382 e. The van der Waals surface area contributed by atoms with Crippen LogP contribution in [0, 0.1) is 11.8 Å². The number of hydrogen-bond donors (Lipinski definition) is 1. The summed E-state index contributed by atoms with van der Waals surface area (Å²) in [6.45, 7) is 8.57. The fourth-order valence-corrected chi connectivity index (χ4v) is 4.70. The minimum absolute atomic E-state index is 0.327. The number of hydrogen-bond acceptors (Lipinski definition) is 5. The van der Waals surface area contributed by atoms with E-state index in [0.29, 0.717) is 28.8 Å². The lowest BCUT2D eigenvalue weighted by molar-refractivity contribution is -0.0610. The van der Waals surface area contributed by atoms with Gasteiger partial charge in [0.2, 0.25) is 0 Å². The van der Waals surface area contributed by atoms with Crippen molar-refractivity contribution < 1.29 is 4.74 Å². The molecule has 4 heterocycles. The van der Waals surface area contributed by atoms with Gasteiger partial charge in [-0.2, -0.15) is 5.10 Å². The molecule has 7 heteroatoms. The van der Waals surface area contributed by atoms with Crippen LogP contribution in [-0.4, -0.2) is 52.0 Å². The standard InChI is InChI=1S/C19H24ClN5O/c1-10(2)25-17(4-16(23-25)11-3-15(20)19(21)22-5-11)18-13-6-24(7-14(13)18)12-8-26-9-12/h3-5,10,12-14,18H,6-9H2,1-2H3,(H2,21,22)/t13-,14+,18+. The molecule has 2 aromatic heterocycles. The normalized spacial score (nSPS) is 28.4. The molecule has 3 atom stereocenters. The SMILES string of the molecule is CC(C)n1nc(-c2cnc(N)c(Cl)c2)cc1[C@H]1[C@@H]2CN(C3COC3)C[C@@H]21. The Morgan fingerprint density at radius 2 is 1.96 bits per heavy atom. The lowest BCUT2D eigenvalue weighted by Crippen LogP contribution is -2.48. The van der Waals surface area contributed by atoms with Crippen LogP contribution in [0.2, 0.25) is 5.02 Å². The first-order valence-electron chi connectivity index (χ1n) is 9.35. The summed E-state index contributed by atoms with van der Waals surface area (Å²) in [5.41, 5.74) is 8.94. The van der Waals surface area contributed by atoms with Crippen LogP contribution in [0.4, 0.5) is 5.82 Å². The summed E-state index contributed by atoms with van der Waals surface area (Å²) in [6, 6.07) is 5.06. The van der Waals surface area contributed by atoms with Gasteiger partial charge < -0.3 is 10.5 Å². The van der Waals surface area contributed by atoms with Gasteiger partial charge in [-0.25, -0.2) is 4.98 Å². The number of nitrogen functional groups attached to an aromatic ring is 1. The van der Waals surface area contributed by atoms with E-state index in [0.717, 1.165) is 36.3 Å². The number of ether oxygens (including phenoxy) is 1. The van der Waals surface area contributed by atoms with Gasteiger partial charge in [0.25, 0.3) is 0 Å². The fourth-order valence-electron chi connectivity index (χ4n) is 4.53. The van der Waals surface area contributed by atoms with Gasteiger partial charge in [-0.3, -0.25) is 9.58 Å². The summed E-state index contributed by atoms with van der Waals surface area (Å²) in [6.07, 6.45) is 1.75. The second-order valence-electron chi connectivity index (χ2n) is 8.08. The molecule has 5 rings (SSSR count). The van der Waals surface area contributed by atoms with Gasteiger partial charge in [0.15, 0.2) is 0 Å². The van der Waals surface area contributed by atoms with Crippen LogP contribution < -0.4 is 5.73 Å². The van der Waals surface area contributed by atoms with E-state index in [1.807, 2.05) is 6.07 Å². The topological polar surface area (TPSA) is 69.2 Å². The van der Waals surface area contributed by atoms with E-state index < -0.39 is 0 Å². The Morgan fingerprint density at radius 1 is 1.23 bits per heavy atom. The zero-order valence-electron chi connectivity index (χ0n) is 15.1. The second-order valence-corrected chi connectivity index (χ2v) is 8.49. The molecule has 1 aliphatic carbocycles. The van der Waals surface area contributed by atoms with Crippen molar-refractivity contribution in [3.8, 4) is 11.3 Å². The molecule has 2 aromatic rings. The van der Waals surface area contributed by atoms with Gasteiger partial charge in [-0.05, 0) is 37.8 Å². The van der Waals surface area contributed by atoms with Crippen molar-refractivity contribution in [2.24, 2.45) is 11.8 Å². The molecule has 0 radical (unpaired) electrons. The van der Waals surface area contributed by atoms with Crippen LogP contribution >= 0.6 is 11.6 Å². The zero-order valence-corrected chi connectivity index (χ0v) is 15.9. The number of likely N-dealkylation sites (tertiary alicyclic amines) is 1. The lowest BCUT2D eigenvalue weighted by atomic mass is 10.1. The maximum absolute atomic E-state index is 6.15. The number of fused-ring (bicyclic) bond motifs is 1. The molecule has 0 aromatic carbocycles. The van der Waals surface area contributed by atoms with E-state index in [1.54, 1.807) is 6.20 Å². The van der Waals surface area contributed by atoms with Crippen molar-refractivity contribution >= 4 is 17.4 Å². The summed E-state index contributed by atoms with van der Waals surface area (Å²) >= 11 is 6.15. The fraction of sp³-hybridized carbons (Fsp3) is 0.579. The van der Waals surface area contributed by atoms with Gasteiger partial charge >= 0.3 is 0 Å². The van der Waals surface area contributed by atoms with Gasteiger partial charge in [0.05, 0.1) is 30.0 Å². The third kappa shape index (κ3) is 2.54. The molecule has 1 saturated carbocycles. The van der Waals surface area contributed by atoms with Crippen molar-refractivity contribution in [1.82, 2.24) is 19.7 Å². The molecule has 3 fully saturated rings. The van der Waals surface area contributed by atoms with Gasteiger partial charge in [-0.15, -0.1) is 0 Å². The molecule has 0 bridgehead atoms. The molecular weight excluding hydrogens is 350 g/mol. The summed E-state index contributed by atoms with van der Waals surface area (Å²) in [7, 11) is 0. The third-order valence-electron chi connectivity index (χ3n) is 6.12. The Kier molecular flexibility index (Phi) is 3.78. The van der Waals surface area contributed by atoms with Crippen LogP contribution in [0.3, 0.4) is 0 Å². The summed E-state index contributed by atoms with van der Waals surface area (Å²) in [4.78, 5) is 6.79. The highest BCUT2D eigenvalue weighted by atomic mass is 35.5. The summed E-state index contributed by atoms with van der Waals surface area (Å²) < 4.78 is 7.53. The van der Waals surface area contributed by atoms with E-state index in [2.05, 4.69) is 34.5 Å². The number of anilines is 1. The minimum Gasteiger partial charge on any atom is -0.382 e. The average molecular weight is 374 g/mol. The highest BCUT2D eigenvalue weighted by molar-refractivity contribution is 6.33. The van der Waals surface area contributed by atoms with Crippen LogP contribution in [0.5, 0.6) is 0 Å². The average Bonchev–Trinajstić information content (AvgIpc) is 2.94. The number of aromatic nitrogens is 3. The zero-order chi connectivity index (χ0) is 18.0. The number of nitrogens with zero attached hydrogens (tertiary/aromatic N) is 4. The van der Waals surface area contributed by atoms with E-state index >= 15 is 0 Å². The Bertz CT molecular complexity index is 834. The van der Waals surface area contributed by atoms with Crippen molar-refractivity contribution in [1.29, 1.82) is 0 Å². The van der Waals surface area contributed by atoms with Crippen molar-refractivity contribution in [3.05, 3.63) is 29.0 Å². The highest BCUT2D eigenvalue weighted by Gasteiger charge is 2.58. The van der Waals surface area contributed by atoms with E-state index in [1.165, 1.54) is 18.8 Å². The third-order valence-corrected chi connectivity index (χ3v) is 6.42. The van der Waals surface area contributed by atoms with Gasteiger partial charge in [0.1, 0.15) is 5.82 Å². The number of nitrogens with two attached hydrogens (primary N) is 1.